The first-order chi connectivity index (χ1) is 15.9. The first kappa shape index (κ1) is 23.2. The van der Waals surface area contributed by atoms with Crippen LogP contribution in [0.5, 0.6) is 0 Å². The summed E-state index contributed by atoms with van der Waals surface area (Å²) in [5.41, 5.74) is 4.08. The first-order valence-corrected chi connectivity index (χ1v) is 12.0. The fraction of sp³-hybridized carbons (Fsp3) is 0.280. The molecular weight excluding hydrogens is 456 g/mol. The number of amides is 2. The van der Waals surface area contributed by atoms with Gasteiger partial charge in [0.25, 0.3) is 11.8 Å². The van der Waals surface area contributed by atoms with Gasteiger partial charge in [0.2, 0.25) is 0 Å². The number of fused-ring (bicyclic) bond motifs is 1. The molecule has 2 aromatic rings. The number of carbonyl (C=O) groups is 3. The third-order valence-corrected chi connectivity index (χ3v) is 7.17. The minimum absolute atomic E-state index is 0.00451. The number of unbranched alkanes of at least 4 members (excludes halogenated alkanes) is 2. The van der Waals surface area contributed by atoms with Crippen molar-refractivity contribution in [3.63, 3.8) is 0 Å². The standard InChI is InChI=1S/C25H24N2O4S2/c1-16-10-12-17(13-11-16)15-27-19-8-5-4-7-18(19)21(23(27)30)22-24(31)26(25(32)33-22)14-6-2-3-9-20(28)29/h4-5,7-8,10-13H,2-3,6,9,14-15H2,1H3,(H,28,29)/p-1. The van der Waals surface area contributed by atoms with E-state index in [0.29, 0.717) is 47.2 Å². The van der Waals surface area contributed by atoms with Gasteiger partial charge in [-0.3, -0.25) is 14.5 Å². The molecule has 2 heterocycles. The Hall–Kier alpha value is -2.97. The Morgan fingerprint density at radius 1 is 0.970 bits per heavy atom. The Balaban J connectivity index is 1.57. The molecule has 1 saturated heterocycles. The van der Waals surface area contributed by atoms with Crippen molar-refractivity contribution in [3.05, 3.63) is 70.1 Å². The van der Waals surface area contributed by atoms with Crippen molar-refractivity contribution in [1.29, 1.82) is 0 Å². The van der Waals surface area contributed by atoms with Crippen LogP contribution in [-0.4, -0.2) is 33.5 Å². The van der Waals surface area contributed by atoms with Crippen molar-refractivity contribution in [2.75, 3.05) is 11.4 Å². The molecule has 6 nitrogen and oxygen atoms in total. The minimum Gasteiger partial charge on any atom is -0.550 e. The molecule has 0 unspecified atom stereocenters. The summed E-state index contributed by atoms with van der Waals surface area (Å²) in [6, 6.07) is 15.5. The second kappa shape index (κ2) is 9.89. The zero-order chi connectivity index (χ0) is 23.5. The molecule has 0 radical (unpaired) electrons. The lowest BCUT2D eigenvalue weighted by Crippen LogP contribution is -2.30. The third kappa shape index (κ3) is 4.86. The van der Waals surface area contributed by atoms with E-state index in [-0.39, 0.29) is 18.2 Å². The molecule has 0 aromatic heterocycles. The number of rotatable bonds is 8. The molecule has 0 N–H and O–H groups in total. The number of carbonyl (C=O) groups excluding carboxylic acids is 3. The molecule has 8 heteroatoms. The summed E-state index contributed by atoms with van der Waals surface area (Å²) in [5.74, 6) is -1.54. The van der Waals surface area contributed by atoms with Crippen LogP contribution in [0.25, 0.3) is 5.57 Å². The van der Waals surface area contributed by atoms with Gasteiger partial charge in [0.05, 0.1) is 22.7 Å². The van der Waals surface area contributed by atoms with E-state index in [2.05, 4.69) is 0 Å². The number of carboxylic acid groups (broad SMARTS) is 1. The molecule has 1 fully saturated rings. The maximum Gasteiger partial charge on any atom is 0.267 e. The van der Waals surface area contributed by atoms with E-state index in [1.807, 2.05) is 55.5 Å². The SMILES string of the molecule is Cc1ccc(CN2C(=O)C(=C3SC(=S)N(CCCCCC(=O)[O-])C3=O)c3ccccc32)cc1. The van der Waals surface area contributed by atoms with Crippen LogP contribution in [0.1, 0.15) is 42.4 Å². The summed E-state index contributed by atoms with van der Waals surface area (Å²) in [5, 5.41) is 10.6. The Bertz CT molecular complexity index is 1160. The molecule has 2 aromatic carbocycles. The summed E-state index contributed by atoms with van der Waals surface area (Å²) in [6.07, 6.45) is 1.79. The Morgan fingerprint density at radius 3 is 2.42 bits per heavy atom. The highest BCUT2D eigenvalue weighted by molar-refractivity contribution is 8.26. The average Bonchev–Trinajstić information content (AvgIpc) is 3.22. The zero-order valence-corrected chi connectivity index (χ0v) is 19.8. The number of thiocarbonyl (C=S) groups is 1. The number of anilines is 1. The van der Waals surface area contributed by atoms with Crippen LogP contribution in [0.2, 0.25) is 0 Å². The van der Waals surface area contributed by atoms with Crippen molar-refractivity contribution in [1.82, 2.24) is 4.90 Å². The second-order valence-electron chi connectivity index (χ2n) is 8.11. The van der Waals surface area contributed by atoms with Gasteiger partial charge in [0.1, 0.15) is 4.32 Å². The van der Waals surface area contributed by atoms with E-state index in [4.69, 9.17) is 12.2 Å². The van der Waals surface area contributed by atoms with E-state index in [1.165, 1.54) is 4.90 Å². The zero-order valence-electron chi connectivity index (χ0n) is 18.2. The maximum atomic E-state index is 13.5. The van der Waals surface area contributed by atoms with Gasteiger partial charge in [-0.25, -0.2) is 0 Å². The molecule has 2 amide bonds. The molecule has 2 aliphatic heterocycles. The van der Waals surface area contributed by atoms with Crippen LogP contribution >= 0.6 is 24.0 Å². The Kier molecular flexibility index (Phi) is 6.95. The van der Waals surface area contributed by atoms with Crippen molar-refractivity contribution in [3.8, 4) is 0 Å². The quantitative estimate of drug-likeness (QED) is 0.328. The monoisotopic (exact) mass is 479 g/mol. The number of hydrogen-bond acceptors (Lipinski definition) is 6. The number of aliphatic carboxylic acids is 1. The third-order valence-electron chi connectivity index (χ3n) is 5.72. The van der Waals surface area contributed by atoms with Crippen LogP contribution < -0.4 is 10.0 Å². The lowest BCUT2D eigenvalue weighted by atomic mass is 10.1. The maximum absolute atomic E-state index is 13.5. The summed E-state index contributed by atoms with van der Waals surface area (Å²) in [6.45, 7) is 2.83. The van der Waals surface area contributed by atoms with Gasteiger partial charge in [-0.1, -0.05) is 78.4 Å². The number of carboxylic acids is 1. The summed E-state index contributed by atoms with van der Waals surface area (Å²) < 4.78 is 0.421. The highest BCUT2D eigenvalue weighted by Crippen LogP contribution is 2.45. The number of thioether (sulfide) groups is 1. The molecule has 0 saturated carbocycles. The summed E-state index contributed by atoms with van der Waals surface area (Å²) in [4.78, 5) is 40.9. The molecule has 0 bridgehead atoms. The molecule has 4 rings (SSSR count). The summed E-state index contributed by atoms with van der Waals surface area (Å²) >= 11 is 6.60. The molecule has 33 heavy (non-hydrogen) atoms. The fourth-order valence-electron chi connectivity index (χ4n) is 3.99. The highest BCUT2D eigenvalue weighted by Gasteiger charge is 2.41. The van der Waals surface area contributed by atoms with Crippen LogP contribution in [0.4, 0.5) is 5.69 Å². The van der Waals surface area contributed by atoms with Gasteiger partial charge < -0.3 is 14.8 Å². The Labute approximate surface area is 202 Å². The summed E-state index contributed by atoms with van der Waals surface area (Å²) in [7, 11) is 0. The van der Waals surface area contributed by atoms with Crippen LogP contribution in [-0.2, 0) is 20.9 Å². The smallest absolute Gasteiger partial charge is 0.267 e. The lowest BCUT2D eigenvalue weighted by Gasteiger charge is -2.17. The fourth-order valence-corrected chi connectivity index (χ4v) is 5.37. The number of aryl methyl sites for hydroxylation is 1. The molecular formula is C25H23N2O4S2-. The predicted molar refractivity (Wildman–Crippen MR) is 131 cm³/mol. The van der Waals surface area contributed by atoms with Gasteiger partial charge in [-0.2, -0.15) is 0 Å². The Morgan fingerprint density at radius 2 is 1.70 bits per heavy atom. The predicted octanol–water partition coefficient (Wildman–Crippen LogP) is 3.42. The number of hydrogen-bond donors (Lipinski definition) is 0. The van der Waals surface area contributed by atoms with Crippen LogP contribution in [0, 0.1) is 6.92 Å². The topological polar surface area (TPSA) is 80.8 Å². The van der Waals surface area contributed by atoms with Crippen molar-refractivity contribution in [2.24, 2.45) is 0 Å². The molecule has 170 valence electrons. The van der Waals surface area contributed by atoms with Gasteiger partial charge >= 0.3 is 0 Å². The van der Waals surface area contributed by atoms with Crippen molar-refractivity contribution >= 4 is 57.3 Å². The van der Waals surface area contributed by atoms with Crippen molar-refractivity contribution in [2.45, 2.75) is 39.2 Å². The van der Waals surface area contributed by atoms with E-state index in [9.17, 15) is 19.5 Å². The van der Waals surface area contributed by atoms with Crippen molar-refractivity contribution < 1.29 is 19.5 Å². The van der Waals surface area contributed by atoms with Gasteiger partial charge in [0, 0.05) is 18.1 Å². The van der Waals surface area contributed by atoms with E-state index in [0.717, 1.165) is 34.1 Å². The number of nitrogens with zero attached hydrogens (tertiary/aromatic N) is 2. The first-order valence-electron chi connectivity index (χ1n) is 10.8. The molecule has 2 aliphatic rings. The highest BCUT2D eigenvalue weighted by atomic mass is 32.2. The second-order valence-corrected chi connectivity index (χ2v) is 9.75. The normalized spacial score (nSPS) is 17.8. The van der Waals surface area contributed by atoms with Crippen LogP contribution in [0.15, 0.2) is 53.4 Å². The lowest BCUT2D eigenvalue weighted by molar-refractivity contribution is -0.305. The van der Waals surface area contributed by atoms with E-state index in [1.54, 1.807) is 4.90 Å². The van der Waals surface area contributed by atoms with E-state index < -0.39 is 5.97 Å². The van der Waals surface area contributed by atoms with Crippen LogP contribution in [0.3, 0.4) is 0 Å². The van der Waals surface area contributed by atoms with Gasteiger partial charge in [-0.05, 0) is 37.8 Å². The average molecular weight is 480 g/mol. The molecule has 0 aliphatic carbocycles. The van der Waals surface area contributed by atoms with E-state index >= 15 is 0 Å². The number of para-hydroxylation sites is 1. The number of benzene rings is 2. The largest absolute Gasteiger partial charge is 0.550 e. The van der Waals surface area contributed by atoms with Gasteiger partial charge in [-0.15, -0.1) is 0 Å². The minimum atomic E-state index is -1.07. The van der Waals surface area contributed by atoms with Gasteiger partial charge in [0.15, 0.2) is 0 Å². The molecule has 0 spiro atoms. The molecule has 0 atom stereocenters.